The molecule has 0 bridgehead atoms. The molecule has 5 heteroatoms. The highest BCUT2D eigenvalue weighted by molar-refractivity contribution is 5.78. The van der Waals surface area contributed by atoms with E-state index in [9.17, 15) is 4.79 Å². The maximum atomic E-state index is 12.6. The van der Waals surface area contributed by atoms with Crippen LogP contribution in [-0.4, -0.2) is 67.7 Å². The van der Waals surface area contributed by atoms with Crippen LogP contribution in [0.4, 0.5) is 0 Å². The molecule has 0 spiro atoms. The lowest BCUT2D eigenvalue weighted by molar-refractivity contribution is -0.135. The fraction of sp³-hybridized carbons (Fsp3) is 0.458. The first-order chi connectivity index (χ1) is 14.3. The van der Waals surface area contributed by atoms with Crippen LogP contribution in [0, 0.1) is 0 Å². The molecule has 1 amide bonds. The fourth-order valence-corrected chi connectivity index (χ4v) is 4.09. The van der Waals surface area contributed by atoms with Gasteiger partial charge in [-0.2, -0.15) is 0 Å². The van der Waals surface area contributed by atoms with Crippen molar-refractivity contribution in [3.63, 3.8) is 0 Å². The number of hydrogen-bond donors (Lipinski definition) is 0. The molecule has 0 aromatic heterocycles. The number of rotatable bonds is 7. The summed E-state index contributed by atoms with van der Waals surface area (Å²) in [6.07, 6.45) is 3.51. The summed E-state index contributed by atoms with van der Waals surface area (Å²) in [6, 6.07) is 18.3. The average Bonchev–Trinajstić information content (AvgIpc) is 3.27. The van der Waals surface area contributed by atoms with Crippen molar-refractivity contribution >= 4 is 5.91 Å². The van der Waals surface area contributed by atoms with E-state index in [1.165, 1.54) is 12.0 Å². The molecule has 0 N–H and O–H groups in total. The first-order valence-corrected chi connectivity index (χ1v) is 10.6. The minimum absolute atomic E-state index is 0.0660. The number of benzene rings is 2. The van der Waals surface area contributed by atoms with Crippen molar-refractivity contribution in [1.29, 1.82) is 0 Å². The second-order valence-electron chi connectivity index (χ2n) is 7.88. The van der Waals surface area contributed by atoms with Gasteiger partial charge in [-0.05, 0) is 30.0 Å². The van der Waals surface area contributed by atoms with Crippen LogP contribution >= 0.6 is 0 Å². The Balaban J connectivity index is 1.26. The highest BCUT2D eigenvalue weighted by atomic mass is 16.5. The highest BCUT2D eigenvalue weighted by Crippen LogP contribution is 2.21. The van der Waals surface area contributed by atoms with Crippen LogP contribution in [0.15, 0.2) is 54.6 Å². The number of nitrogens with zero attached hydrogens (tertiary/aromatic N) is 2. The first-order valence-electron chi connectivity index (χ1n) is 10.6. The first kappa shape index (κ1) is 19.9. The van der Waals surface area contributed by atoms with Crippen LogP contribution in [0.1, 0.15) is 24.0 Å². The Hall–Kier alpha value is -2.37. The van der Waals surface area contributed by atoms with Crippen molar-refractivity contribution in [3.8, 4) is 5.75 Å². The highest BCUT2D eigenvalue weighted by Gasteiger charge is 2.25. The van der Waals surface area contributed by atoms with E-state index < -0.39 is 0 Å². The molecule has 1 atom stereocenters. The molecule has 2 saturated heterocycles. The number of hydrogen-bond acceptors (Lipinski definition) is 4. The fourth-order valence-electron chi connectivity index (χ4n) is 4.09. The molecule has 29 heavy (non-hydrogen) atoms. The summed E-state index contributed by atoms with van der Waals surface area (Å²) in [5.74, 6) is 0.859. The lowest BCUT2D eigenvalue weighted by Gasteiger charge is -2.35. The molecule has 2 aliphatic rings. The molecule has 0 aliphatic carbocycles. The zero-order chi connectivity index (χ0) is 19.9. The second kappa shape index (κ2) is 9.90. The van der Waals surface area contributed by atoms with E-state index in [1.807, 2.05) is 41.3 Å². The van der Waals surface area contributed by atoms with Crippen molar-refractivity contribution in [2.45, 2.75) is 25.4 Å². The number of carbonyl (C=O) groups excluding carboxylic acids is 1. The van der Waals surface area contributed by atoms with Crippen molar-refractivity contribution in [3.05, 3.63) is 65.7 Å². The van der Waals surface area contributed by atoms with E-state index in [0.29, 0.717) is 6.10 Å². The summed E-state index contributed by atoms with van der Waals surface area (Å²) in [6.45, 7) is 5.34. The van der Waals surface area contributed by atoms with Crippen LogP contribution in [0.5, 0.6) is 5.75 Å². The number of piperazine rings is 1. The van der Waals surface area contributed by atoms with Crippen LogP contribution in [0.2, 0.25) is 0 Å². The van der Waals surface area contributed by atoms with Crippen LogP contribution in [0.25, 0.3) is 0 Å². The molecule has 2 aliphatic heterocycles. The number of amides is 1. The summed E-state index contributed by atoms with van der Waals surface area (Å²) in [5.41, 5.74) is 2.34. The van der Waals surface area contributed by atoms with E-state index in [-0.39, 0.29) is 12.5 Å². The van der Waals surface area contributed by atoms with Crippen molar-refractivity contribution in [1.82, 2.24) is 9.80 Å². The maximum Gasteiger partial charge on any atom is 0.260 e. The lowest BCUT2D eigenvalue weighted by atomic mass is 10.0. The molecule has 2 heterocycles. The third-order valence-electron chi connectivity index (χ3n) is 5.77. The summed E-state index contributed by atoms with van der Waals surface area (Å²) in [7, 11) is 0. The Bertz CT molecular complexity index is 782. The number of carbonyl (C=O) groups is 1. The van der Waals surface area contributed by atoms with Crippen molar-refractivity contribution in [2.24, 2.45) is 0 Å². The van der Waals surface area contributed by atoms with Crippen LogP contribution < -0.4 is 4.74 Å². The summed E-state index contributed by atoms with van der Waals surface area (Å²) in [4.78, 5) is 17.0. The normalized spacial score (nSPS) is 20.0. The zero-order valence-electron chi connectivity index (χ0n) is 17.0. The van der Waals surface area contributed by atoms with Crippen molar-refractivity contribution < 1.29 is 14.3 Å². The van der Waals surface area contributed by atoms with E-state index in [1.54, 1.807) is 0 Å². The van der Waals surface area contributed by atoms with Gasteiger partial charge in [0.15, 0.2) is 6.61 Å². The van der Waals surface area contributed by atoms with Gasteiger partial charge in [-0.25, -0.2) is 0 Å². The van der Waals surface area contributed by atoms with Gasteiger partial charge < -0.3 is 14.4 Å². The van der Waals surface area contributed by atoms with Gasteiger partial charge in [0, 0.05) is 45.8 Å². The van der Waals surface area contributed by atoms with Gasteiger partial charge in [0.05, 0.1) is 6.10 Å². The summed E-state index contributed by atoms with van der Waals surface area (Å²) in [5, 5.41) is 0. The Morgan fingerprint density at radius 3 is 2.52 bits per heavy atom. The summed E-state index contributed by atoms with van der Waals surface area (Å²) >= 11 is 0. The van der Waals surface area contributed by atoms with Gasteiger partial charge in [-0.15, -0.1) is 0 Å². The molecule has 4 rings (SSSR count). The minimum Gasteiger partial charge on any atom is -0.483 e. The minimum atomic E-state index is 0.0660. The third-order valence-corrected chi connectivity index (χ3v) is 5.77. The third kappa shape index (κ3) is 5.58. The molecule has 5 nitrogen and oxygen atoms in total. The molecule has 0 radical (unpaired) electrons. The lowest BCUT2D eigenvalue weighted by Crippen LogP contribution is -2.51. The van der Waals surface area contributed by atoms with Gasteiger partial charge in [0.2, 0.25) is 0 Å². The Labute approximate surface area is 173 Å². The zero-order valence-corrected chi connectivity index (χ0v) is 17.0. The predicted octanol–water partition coefficient (Wildman–Crippen LogP) is 2.98. The smallest absolute Gasteiger partial charge is 0.260 e. The second-order valence-corrected chi connectivity index (χ2v) is 7.88. The van der Waals surface area contributed by atoms with Crippen molar-refractivity contribution in [2.75, 3.05) is 45.9 Å². The van der Waals surface area contributed by atoms with Crippen LogP contribution in [0.3, 0.4) is 0 Å². The maximum absolute atomic E-state index is 12.6. The number of para-hydroxylation sites is 1. The molecular formula is C24H30N2O3. The van der Waals surface area contributed by atoms with Gasteiger partial charge in [0.25, 0.3) is 5.91 Å². The SMILES string of the molecule is O=C(COc1ccccc1Cc1ccccc1)N1CCN(CC2CCCO2)CC1. The molecule has 2 aromatic rings. The van der Waals surface area contributed by atoms with E-state index in [4.69, 9.17) is 9.47 Å². The monoisotopic (exact) mass is 394 g/mol. The predicted molar refractivity (Wildman–Crippen MR) is 113 cm³/mol. The topological polar surface area (TPSA) is 42.0 Å². The largest absolute Gasteiger partial charge is 0.483 e. The molecule has 0 saturated carbocycles. The Morgan fingerprint density at radius 2 is 1.76 bits per heavy atom. The molecule has 154 valence electrons. The Kier molecular flexibility index (Phi) is 6.80. The molecule has 2 aromatic carbocycles. The Morgan fingerprint density at radius 1 is 1.00 bits per heavy atom. The van der Waals surface area contributed by atoms with Crippen LogP contribution in [-0.2, 0) is 16.0 Å². The van der Waals surface area contributed by atoms with E-state index >= 15 is 0 Å². The van der Waals surface area contributed by atoms with Gasteiger partial charge in [-0.1, -0.05) is 48.5 Å². The standard InChI is InChI=1S/C24H30N2O3/c27-24(26-14-12-25(13-15-26)18-22-10-6-16-28-22)19-29-23-11-5-4-9-21(23)17-20-7-2-1-3-8-20/h1-5,7-9,11,22H,6,10,12-19H2. The molecule has 2 fully saturated rings. The van der Waals surface area contributed by atoms with E-state index in [0.717, 1.165) is 63.5 Å². The average molecular weight is 395 g/mol. The number of ether oxygens (including phenoxy) is 2. The molecular weight excluding hydrogens is 364 g/mol. The van der Waals surface area contributed by atoms with Gasteiger partial charge in [-0.3, -0.25) is 9.69 Å². The summed E-state index contributed by atoms with van der Waals surface area (Å²) < 4.78 is 11.7. The quantitative estimate of drug-likeness (QED) is 0.724. The van der Waals surface area contributed by atoms with Gasteiger partial charge >= 0.3 is 0 Å². The molecule has 1 unspecified atom stereocenters. The van der Waals surface area contributed by atoms with Gasteiger partial charge in [0.1, 0.15) is 5.75 Å². The van der Waals surface area contributed by atoms with E-state index in [2.05, 4.69) is 23.1 Å².